The van der Waals surface area contributed by atoms with Gasteiger partial charge in [-0.15, -0.1) is 0 Å². The molecule has 0 saturated carbocycles. The number of hydrogen-bond acceptors (Lipinski definition) is 2. The van der Waals surface area contributed by atoms with Gasteiger partial charge in [0.15, 0.2) is 0 Å². The van der Waals surface area contributed by atoms with E-state index in [0.29, 0.717) is 18.7 Å². The number of hydrogen-bond donors (Lipinski definition) is 2. The van der Waals surface area contributed by atoms with Crippen LogP contribution in [0, 0.1) is 0 Å². The van der Waals surface area contributed by atoms with E-state index in [0.717, 1.165) is 13.0 Å². The second kappa shape index (κ2) is 6.73. The lowest BCUT2D eigenvalue weighted by Crippen LogP contribution is -2.27. The highest BCUT2D eigenvalue weighted by Crippen LogP contribution is 2.03. The molecule has 0 bridgehead atoms. The molecule has 5 nitrogen and oxygen atoms in total. The summed E-state index contributed by atoms with van der Waals surface area (Å²) in [6, 6.07) is 3.60. The SMILES string of the molecule is CCCn1cccc1C(=O)NCCCC(=O)O. The molecule has 1 heterocycles. The Morgan fingerprint density at radius 2 is 2.24 bits per heavy atom. The predicted octanol–water partition coefficient (Wildman–Crippen LogP) is 1.49. The molecule has 1 rings (SSSR count). The van der Waals surface area contributed by atoms with E-state index in [9.17, 15) is 9.59 Å². The summed E-state index contributed by atoms with van der Waals surface area (Å²) in [4.78, 5) is 22.1. The van der Waals surface area contributed by atoms with Gasteiger partial charge >= 0.3 is 5.97 Å². The van der Waals surface area contributed by atoms with Gasteiger partial charge in [-0.25, -0.2) is 0 Å². The van der Waals surface area contributed by atoms with Gasteiger partial charge in [0.1, 0.15) is 5.69 Å². The molecule has 0 fully saturated rings. The minimum Gasteiger partial charge on any atom is -0.481 e. The zero-order valence-corrected chi connectivity index (χ0v) is 9.98. The third-order valence-corrected chi connectivity index (χ3v) is 2.38. The maximum atomic E-state index is 11.8. The largest absolute Gasteiger partial charge is 0.481 e. The number of nitrogens with one attached hydrogen (secondary N) is 1. The maximum absolute atomic E-state index is 11.8. The summed E-state index contributed by atoms with van der Waals surface area (Å²) < 4.78 is 1.90. The van der Waals surface area contributed by atoms with Crippen LogP contribution in [0.4, 0.5) is 0 Å². The standard InChI is InChI=1S/C12H18N2O3/c1-2-8-14-9-4-5-10(14)12(17)13-7-3-6-11(15)16/h4-5,9H,2-3,6-8H2,1H3,(H,13,17)(H,15,16). The molecule has 0 spiro atoms. The van der Waals surface area contributed by atoms with Crippen molar-refractivity contribution in [3.05, 3.63) is 24.0 Å². The van der Waals surface area contributed by atoms with Crippen LogP contribution in [-0.2, 0) is 11.3 Å². The van der Waals surface area contributed by atoms with E-state index in [2.05, 4.69) is 12.2 Å². The Kier molecular flexibility index (Phi) is 5.26. The minimum atomic E-state index is -0.839. The van der Waals surface area contributed by atoms with Gasteiger partial charge in [-0.3, -0.25) is 9.59 Å². The molecule has 5 heteroatoms. The van der Waals surface area contributed by atoms with Crippen LogP contribution in [0.25, 0.3) is 0 Å². The van der Waals surface area contributed by atoms with E-state index in [-0.39, 0.29) is 12.3 Å². The molecule has 0 aliphatic rings. The Hall–Kier alpha value is -1.78. The Balaban J connectivity index is 2.41. The van der Waals surface area contributed by atoms with Crippen LogP contribution >= 0.6 is 0 Å². The van der Waals surface area contributed by atoms with E-state index in [4.69, 9.17) is 5.11 Å². The second-order valence-electron chi connectivity index (χ2n) is 3.84. The van der Waals surface area contributed by atoms with Crippen molar-refractivity contribution in [1.29, 1.82) is 0 Å². The second-order valence-corrected chi connectivity index (χ2v) is 3.84. The van der Waals surface area contributed by atoms with Crippen molar-refractivity contribution in [2.75, 3.05) is 6.54 Å². The molecule has 2 N–H and O–H groups in total. The molecule has 94 valence electrons. The number of nitrogens with zero attached hydrogens (tertiary/aromatic N) is 1. The average molecular weight is 238 g/mol. The summed E-state index contributed by atoms with van der Waals surface area (Å²) in [5.74, 6) is -0.984. The molecular formula is C12H18N2O3. The fraction of sp³-hybridized carbons (Fsp3) is 0.500. The van der Waals surface area contributed by atoms with Crippen LogP contribution in [0.2, 0.25) is 0 Å². The Bertz CT molecular complexity index is 385. The fourth-order valence-electron chi connectivity index (χ4n) is 1.59. The highest BCUT2D eigenvalue weighted by atomic mass is 16.4. The molecule has 0 unspecified atom stereocenters. The number of aryl methyl sites for hydroxylation is 1. The molecule has 0 atom stereocenters. The summed E-state index contributed by atoms with van der Waals surface area (Å²) in [5, 5.41) is 11.2. The summed E-state index contributed by atoms with van der Waals surface area (Å²) in [6.07, 6.45) is 3.37. The summed E-state index contributed by atoms with van der Waals surface area (Å²) in [6.45, 7) is 3.25. The minimum absolute atomic E-state index is 0.0796. The van der Waals surface area contributed by atoms with E-state index in [1.807, 2.05) is 16.8 Å². The van der Waals surface area contributed by atoms with Gasteiger partial charge in [0.05, 0.1) is 0 Å². The molecule has 0 radical (unpaired) electrons. The Morgan fingerprint density at radius 3 is 2.88 bits per heavy atom. The number of aromatic nitrogens is 1. The van der Waals surface area contributed by atoms with Gasteiger partial charge in [-0.05, 0) is 25.0 Å². The van der Waals surface area contributed by atoms with Crippen molar-refractivity contribution in [2.45, 2.75) is 32.7 Å². The van der Waals surface area contributed by atoms with E-state index < -0.39 is 5.97 Å². The smallest absolute Gasteiger partial charge is 0.303 e. The van der Waals surface area contributed by atoms with Crippen molar-refractivity contribution in [2.24, 2.45) is 0 Å². The van der Waals surface area contributed by atoms with Gasteiger partial charge < -0.3 is 15.0 Å². The highest BCUT2D eigenvalue weighted by molar-refractivity contribution is 5.92. The molecule has 0 aromatic carbocycles. The van der Waals surface area contributed by atoms with Crippen molar-refractivity contribution in [3.8, 4) is 0 Å². The number of aliphatic carboxylic acids is 1. The summed E-state index contributed by atoms with van der Waals surface area (Å²) in [7, 11) is 0. The van der Waals surface area contributed by atoms with Crippen LogP contribution in [-0.4, -0.2) is 28.1 Å². The zero-order valence-electron chi connectivity index (χ0n) is 9.98. The number of rotatable bonds is 7. The molecule has 0 aliphatic carbocycles. The predicted molar refractivity (Wildman–Crippen MR) is 63.9 cm³/mol. The van der Waals surface area contributed by atoms with Crippen LogP contribution in [0.3, 0.4) is 0 Å². The quantitative estimate of drug-likeness (QED) is 0.707. The maximum Gasteiger partial charge on any atom is 0.303 e. The van der Waals surface area contributed by atoms with Crippen molar-refractivity contribution < 1.29 is 14.7 Å². The van der Waals surface area contributed by atoms with Crippen molar-refractivity contribution >= 4 is 11.9 Å². The first kappa shape index (κ1) is 13.3. The lowest BCUT2D eigenvalue weighted by molar-refractivity contribution is -0.137. The molecule has 1 aromatic rings. The molecular weight excluding hydrogens is 220 g/mol. The molecule has 17 heavy (non-hydrogen) atoms. The van der Waals surface area contributed by atoms with E-state index >= 15 is 0 Å². The third-order valence-electron chi connectivity index (χ3n) is 2.38. The first-order valence-electron chi connectivity index (χ1n) is 5.80. The summed E-state index contributed by atoms with van der Waals surface area (Å²) in [5.41, 5.74) is 0.627. The topological polar surface area (TPSA) is 71.3 Å². The van der Waals surface area contributed by atoms with Crippen LogP contribution in [0.1, 0.15) is 36.7 Å². The van der Waals surface area contributed by atoms with Gasteiger partial charge in [0.25, 0.3) is 5.91 Å². The molecule has 1 amide bonds. The Labute approximate surface area is 100 Å². The van der Waals surface area contributed by atoms with Crippen molar-refractivity contribution in [1.82, 2.24) is 9.88 Å². The van der Waals surface area contributed by atoms with Gasteiger partial charge in [0.2, 0.25) is 0 Å². The zero-order chi connectivity index (χ0) is 12.7. The third kappa shape index (κ3) is 4.30. The van der Waals surface area contributed by atoms with E-state index in [1.54, 1.807) is 6.07 Å². The number of carbonyl (C=O) groups excluding carboxylic acids is 1. The first-order chi connectivity index (χ1) is 8.15. The molecule has 0 saturated heterocycles. The van der Waals surface area contributed by atoms with Gasteiger partial charge in [-0.2, -0.15) is 0 Å². The van der Waals surface area contributed by atoms with Crippen LogP contribution in [0.5, 0.6) is 0 Å². The number of amides is 1. The fourth-order valence-corrected chi connectivity index (χ4v) is 1.59. The number of carboxylic acids is 1. The van der Waals surface area contributed by atoms with Crippen LogP contribution < -0.4 is 5.32 Å². The average Bonchev–Trinajstić information content (AvgIpc) is 2.72. The van der Waals surface area contributed by atoms with Crippen LogP contribution in [0.15, 0.2) is 18.3 Å². The lowest BCUT2D eigenvalue weighted by Gasteiger charge is -2.08. The highest BCUT2D eigenvalue weighted by Gasteiger charge is 2.09. The van der Waals surface area contributed by atoms with Crippen molar-refractivity contribution in [3.63, 3.8) is 0 Å². The van der Waals surface area contributed by atoms with E-state index in [1.165, 1.54) is 0 Å². The van der Waals surface area contributed by atoms with Gasteiger partial charge in [-0.1, -0.05) is 6.92 Å². The first-order valence-corrected chi connectivity index (χ1v) is 5.80. The molecule has 1 aromatic heterocycles. The lowest BCUT2D eigenvalue weighted by atomic mass is 10.3. The summed E-state index contributed by atoms with van der Waals surface area (Å²) >= 11 is 0. The molecule has 0 aliphatic heterocycles. The Morgan fingerprint density at radius 1 is 1.47 bits per heavy atom. The number of carbonyl (C=O) groups is 2. The number of carboxylic acid groups (broad SMARTS) is 1. The van der Waals surface area contributed by atoms with Gasteiger partial charge in [0, 0.05) is 25.7 Å². The normalized spacial score (nSPS) is 10.2. The monoisotopic (exact) mass is 238 g/mol.